The summed E-state index contributed by atoms with van der Waals surface area (Å²) in [4.78, 5) is 10.8. The van der Waals surface area contributed by atoms with E-state index in [1.54, 1.807) is 0 Å². The normalized spacial score (nSPS) is 10.9. The number of carbonyl (C=O) groups is 1. The summed E-state index contributed by atoms with van der Waals surface area (Å²) in [6, 6.07) is 2.74. The minimum absolute atomic E-state index is 0.210. The fourth-order valence-electron chi connectivity index (χ4n) is 1.48. The Morgan fingerprint density at radius 1 is 1.53 bits per heavy atom. The van der Waals surface area contributed by atoms with Crippen LogP contribution in [0.1, 0.15) is 16.1 Å². The van der Waals surface area contributed by atoms with Crippen LogP contribution >= 0.6 is 15.9 Å². The fraction of sp³-hybridized carbons (Fsp3) is 0.100. The van der Waals surface area contributed by atoms with Crippen molar-refractivity contribution in [3.8, 4) is 0 Å². The number of fused-ring (bicyclic) bond motifs is 1. The molecule has 0 atom stereocenters. The Balaban J connectivity index is 2.93. The van der Waals surface area contributed by atoms with Gasteiger partial charge in [0.2, 0.25) is 5.76 Å². The Morgan fingerprint density at radius 3 is 2.73 bits per heavy atom. The number of carboxylic acid groups (broad SMARTS) is 1. The lowest BCUT2D eigenvalue weighted by atomic mass is 10.1. The molecule has 0 unspecified atom stereocenters. The van der Waals surface area contributed by atoms with Crippen molar-refractivity contribution in [3.63, 3.8) is 0 Å². The van der Waals surface area contributed by atoms with E-state index in [2.05, 4.69) is 15.9 Å². The second-order valence-electron chi connectivity index (χ2n) is 3.09. The van der Waals surface area contributed by atoms with Gasteiger partial charge >= 0.3 is 5.97 Å². The Hall–Kier alpha value is -1.36. The van der Waals surface area contributed by atoms with E-state index < -0.39 is 11.8 Å². The first-order valence-corrected chi connectivity index (χ1v) is 4.92. The maximum Gasteiger partial charge on any atom is 0.372 e. The topological polar surface area (TPSA) is 50.4 Å². The van der Waals surface area contributed by atoms with Crippen molar-refractivity contribution < 1.29 is 18.7 Å². The zero-order valence-electron chi connectivity index (χ0n) is 7.67. The molecular weight excluding hydrogens is 267 g/mol. The number of hydrogen-bond acceptors (Lipinski definition) is 2. The van der Waals surface area contributed by atoms with Crippen LogP contribution in [0.3, 0.4) is 0 Å². The SMILES string of the molecule is Cc1c(C(=O)O)oc2c(Br)ccc(F)c12. The molecule has 1 aromatic carbocycles. The second kappa shape index (κ2) is 3.34. The first-order chi connectivity index (χ1) is 7.02. The number of furan rings is 1. The Kier molecular flexibility index (Phi) is 2.26. The summed E-state index contributed by atoms with van der Waals surface area (Å²) >= 11 is 3.17. The summed E-state index contributed by atoms with van der Waals surface area (Å²) in [5.74, 6) is -1.91. The van der Waals surface area contributed by atoms with Gasteiger partial charge in [-0.05, 0) is 35.0 Å². The molecule has 0 spiro atoms. The highest BCUT2D eigenvalue weighted by molar-refractivity contribution is 9.10. The van der Waals surface area contributed by atoms with Gasteiger partial charge in [-0.1, -0.05) is 0 Å². The van der Waals surface area contributed by atoms with Gasteiger partial charge in [0.15, 0.2) is 5.58 Å². The van der Waals surface area contributed by atoms with Crippen LogP contribution in [0, 0.1) is 12.7 Å². The average Bonchev–Trinajstić information content (AvgIpc) is 2.51. The van der Waals surface area contributed by atoms with Crippen molar-refractivity contribution in [2.75, 3.05) is 0 Å². The number of aryl methyl sites for hydroxylation is 1. The summed E-state index contributed by atoms with van der Waals surface area (Å²) in [6.45, 7) is 1.52. The van der Waals surface area contributed by atoms with Gasteiger partial charge in [-0.3, -0.25) is 0 Å². The number of halogens is 2. The molecule has 0 saturated carbocycles. The maximum atomic E-state index is 13.4. The van der Waals surface area contributed by atoms with Gasteiger partial charge in [0.1, 0.15) is 5.82 Å². The van der Waals surface area contributed by atoms with Crippen LogP contribution in [0.2, 0.25) is 0 Å². The molecule has 2 rings (SSSR count). The van der Waals surface area contributed by atoms with Gasteiger partial charge in [0.25, 0.3) is 0 Å². The molecule has 78 valence electrons. The number of hydrogen-bond donors (Lipinski definition) is 1. The van der Waals surface area contributed by atoms with E-state index in [4.69, 9.17) is 9.52 Å². The summed E-state index contributed by atoms with van der Waals surface area (Å²) in [6.07, 6.45) is 0. The van der Waals surface area contributed by atoms with Gasteiger partial charge in [0, 0.05) is 5.56 Å². The van der Waals surface area contributed by atoms with Crippen molar-refractivity contribution in [2.45, 2.75) is 6.92 Å². The fourth-order valence-corrected chi connectivity index (χ4v) is 1.89. The van der Waals surface area contributed by atoms with Crippen molar-refractivity contribution in [2.24, 2.45) is 0 Å². The molecule has 1 N–H and O–H groups in total. The monoisotopic (exact) mass is 272 g/mol. The van der Waals surface area contributed by atoms with Gasteiger partial charge in [-0.2, -0.15) is 0 Å². The Bertz CT molecular complexity index is 559. The van der Waals surface area contributed by atoms with Crippen LogP contribution in [0.5, 0.6) is 0 Å². The van der Waals surface area contributed by atoms with E-state index in [-0.39, 0.29) is 16.7 Å². The molecule has 3 nitrogen and oxygen atoms in total. The molecule has 0 aliphatic carbocycles. The van der Waals surface area contributed by atoms with Crippen molar-refractivity contribution in [3.05, 3.63) is 33.7 Å². The van der Waals surface area contributed by atoms with Gasteiger partial charge in [0.05, 0.1) is 9.86 Å². The Morgan fingerprint density at radius 2 is 2.20 bits per heavy atom. The molecular formula is C10H6BrFO3. The van der Waals surface area contributed by atoms with Crippen LogP contribution in [-0.4, -0.2) is 11.1 Å². The minimum Gasteiger partial charge on any atom is -0.475 e. The predicted molar refractivity (Wildman–Crippen MR) is 55.6 cm³/mol. The zero-order chi connectivity index (χ0) is 11.2. The third-order valence-electron chi connectivity index (χ3n) is 2.17. The number of benzene rings is 1. The number of aromatic carboxylic acids is 1. The molecule has 0 saturated heterocycles. The number of carboxylic acids is 1. The third kappa shape index (κ3) is 1.43. The smallest absolute Gasteiger partial charge is 0.372 e. The lowest BCUT2D eigenvalue weighted by Crippen LogP contribution is -1.95. The minimum atomic E-state index is -1.20. The highest BCUT2D eigenvalue weighted by Crippen LogP contribution is 2.32. The molecule has 0 radical (unpaired) electrons. The zero-order valence-corrected chi connectivity index (χ0v) is 9.26. The molecule has 5 heteroatoms. The average molecular weight is 273 g/mol. The molecule has 0 bridgehead atoms. The maximum absolute atomic E-state index is 13.4. The van der Waals surface area contributed by atoms with E-state index in [0.717, 1.165) is 0 Å². The van der Waals surface area contributed by atoms with E-state index in [0.29, 0.717) is 10.0 Å². The highest BCUT2D eigenvalue weighted by atomic mass is 79.9. The van der Waals surface area contributed by atoms with Crippen LogP contribution in [0.4, 0.5) is 4.39 Å². The second-order valence-corrected chi connectivity index (χ2v) is 3.95. The molecule has 1 aromatic heterocycles. The highest BCUT2D eigenvalue weighted by Gasteiger charge is 2.20. The van der Waals surface area contributed by atoms with E-state index in [9.17, 15) is 9.18 Å². The van der Waals surface area contributed by atoms with Crippen LogP contribution in [0.25, 0.3) is 11.0 Å². The quantitative estimate of drug-likeness (QED) is 0.866. The molecule has 0 aliphatic rings. The molecule has 0 fully saturated rings. The first-order valence-electron chi connectivity index (χ1n) is 4.12. The lowest BCUT2D eigenvalue weighted by molar-refractivity contribution is 0.0664. The van der Waals surface area contributed by atoms with E-state index in [1.807, 2.05) is 0 Å². The predicted octanol–water partition coefficient (Wildman–Crippen LogP) is 3.34. The van der Waals surface area contributed by atoms with Crippen LogP contribution in [0.15, 0.2) is 21.0 Å². The molecule has 1 heterocycles. The van der Waals surface area contributed by atoms with Gasteiger partial charge in [-0.25, -0.2) is 9.18 Å². The summed E-state index contributed by atoms with van der Waals surface area (Å²) in [5.41, 5.74) is 0.529. The summed E-state index contributed by atoms with van der Waals surface area (Å²) in [5, 5.41) is 9.03. The molecule has 15 heavy (non-hydrogen) atoms. The van der Waals surface area contributed by atoms with Gasteiger partial charge < -0.3 is 9.52 Å². The first kappa shape index (κ1) is 10.2. The van der Waals surface area contributed by atoms with Crippen molar-refractivity contribution in [1.29, 1.82) is 0 Å². The molecule has 0 amide bonds. The largest absolute Gasteiger partial charge is 0.475 e. The standard InChI is InChI=1S/C10H6BrFO3/c1-4-7-6(12)3-2-5(11)9(7)15-8(4)10(13)14/h2-3H,1H3,(H,13,14). The Labute approximate surface area is 92.6 Å². The van der Waals surface area contributed by atoms with E-state index in [1.165, 1.54) is 19.1 Å². The van der Waals surface area contributed by atoms with Crippen LogP contribution < -0.4 is 0 Å². The lowest BCUT2D eigenvalue weighted by Gasteiger charge is -1.94. The molecule has 2 aromatic rings. The van der Waals surface area contributed by atoms with Crippen LogP contribution in [-0.2, 0) is 0 Å². The van der Waals surface area contributed by atoms with Crippen molar-refractivity contribution in [1.82, 2.24) is 0 Å². The summed E-state index contributed by atoms with van der Waals surface area (Å²) in [7, 11) is 0. The molecule has 0 aliphatic heterocycles. The van der Waals surface area contributed by atoms with E-state index >= 15 is 0 Å². The van der Waals surface area contributed by atoms with Gasteiger partial charge in [-0.15, -0.1) is 0 Å². The summed E-state index contributed by atoms with van der Waals surface area (Å²) < 4.78 is 19.1. The third-order valence-corrected chi connectivity index (χ3v) is 2.80. The number of rotatable bonds is 1. The van der Waals surface area contributed by atoms with Crippen molar-refractivity contribution >= 4 is 32.9 Å².